The number of methoxy groups -OCH3 is 1. The molecule has 6 rings (SSSR count). The van der Waals surface area contributed by atoms with Crippen molar-refractivity contribution in [2.45, 2.75) is 25.6 Å². The van der Waals surface area contributed by atoms with Gasteiger partial charge in [-0.05, 0) is 79.2 Å². The van der Waals surface area contributed by atoms with E-state index in [9.17, 15) is 17.6 Å². The molecule has 0 spiro atoms. The highest BCUT2D eigenvalue weighted by Gasteiger charge is 2.37. The molecule has 0 saturated carbocycles. The van der Waals surface area contributed by atoms with Gasteiger partial charge >= 0.3 is 6.18 Å². The molecule has 43 heavy (non-hydrogen) atoms. The highest BCUT2D eigenvalue weighted by molar-refractivity contribution is 6.03. The third-order valence-corrected chi connectivity index (χ3v) is 7.20. The standard InChI is InChI=1S/C33H26F4N4O2/c1-21-31(30-20-29(22-11-13-24(34)14-12-22)39-40(30)26-15-17-27(42-2)18-16-26)32(41(38-21)25-8-4-3-5-9-25)43-28-10-6-7-23(19-28)33(35,36)37/h3-19,30H,20H2,1-2H3. The number of hydrogen-bond acceptors (Lipinski definition) is 5. The van der Waals surface area contributed by atoms with E-state index in [1.807, 2.05) is 66.5 Å². The molecule has 218 valence electrons. The lowest BCUT2D eigenvalue weighted by Crippen LogP contribution is -2.19. The summed E-state index contributed by atoms with van der Waals surface area (Å²) in [5.74, 6) is 0.593. The van der Waals surface area contributed by atoms with Crippen molar-refractivity contribution in [3.05, 3.63) is 131 Å². The third-order valence-electron chi connectivity index (χ3n) is 7.20. The Labute approximate surface area is 245 Å². The maximum absolute atomic E-state index is 13.7. The molecule has 1 unspecified atom stereocenters. The number of hydrogen-bond donors (Lipinski definition) is 0. The summed E-state index contributed by atoms with van der Waals surface area (Å²) in [4.78, 5) is 0. The van der Waals surface area contributed by atoms with Crippen molar-refractivity contribution >= 4 is 11.4 Å². The van der Waals surface area contributed by atoms with Crippen LogP contribution in [0.2, 0.25) is 0 Å². The lowest BCUT2D eigenvalue weighted by molar-refractivity contribution is -0.137. The van der Waals surface area contributed by atoms with Crippen molar-refractivity contribution in [3.8, 4) is 23.1 Å². The molecule has 1 atom stereocenters. The number of anilines is 1. The van der Waals surface area contributed by atoms with Crippen LogP contribution in [0, 0.1) is 12.7 Å². The second kappa shape index (κ2) is 11.3. The number of ether oxygens (including phenoxy) is 2. The molecule has 0 amide bonds. The van der Waals surface area contributed by atoms with Gasteiger partial charge in [0.25, 0.3) is 0 Å². The van der Waals surface area contributed by atoms with Crippen LogP contribution in [-0.2, 0) is 6.18 Å². The first-order valence-corrected chi connectivity index (χ1v) is 13.5. The van der Waals surface area contributed by atoms with Crippen LogP contribution in [0.25, 0.3) is 5.69 Å². The fraction of sp³-hybridized carbons (Fsp3) is 0.152. The van der Waals surface area contributed by atoms with Crippen molar-refractivity contribution < 1.29 is 27.0 Å². The Morgan fingerprint density at radius 3 is 2.21 bits per heavy atom. The Morgan fingerprint density at radius 2 is 1.53 bits per heavy atom. The number of rotatable bonds is 7. The van der Waals surface area contributed by atoms with Gasteiger partial charge in [0, 0.05) is 6.42 Å². The minimum absolute atomic E-state index is 0.0156. The van der Waals surface area contributed by atoms with Crippen LogP contribution in [-0.4, -0.2) is 22.6 Å². The molecule has 1 aromatic heterocycles. The van der Waals surface area contributed by atoms with Crippen LogP contribution in [0.4, 0.5) is 23.2 Å². The van der Waals surface area contributed by atoms with Crippen LogP contribution in [0.15, 0.2) is 108 Å². The summed E-state index contributed by atoms with van der Waals surface area (Å²) in [7, 11) is 1.58. The van der Waals surface area contributed by atoms with E-state index in [4.69, 9.17) is 19.7 Å². The summed E-state index contributed by atoms with van der Waals surface area (Å²) in [5, 5.41) is 11.5. The number of aryl methyl sites for hydroxylation is 1. The van der Waals surface area contributed by atoms with E-state index in [1.165, 1.54) is 24.3 Å². The Bertz CT molecular complexity index is 1770. The molecular formula is C33H26F4N4O2. The molecule has 2 heterocycles. The average molecular weight is 587 g/mol. The predicted octanol–water partition coefficient (Wildman–Crippen LogP) is 8.50. The van der Waals surface area contributed by atoms with Crippen molar-refractivity contribution in [3.63, 3.8) is 0 Å². The normalized spacial score (nSPS) is 15.0. The highest BCUT2D eigenvalue weighted by atomic mass is 19.4. The first-order valence-electron chi connectivity index (χ1n) is 13.5. The van der Waals surface area contributed by atoms with Gasteiger partial charge in [0.1, 0.15) is 17.3 Å². The molecule has 0 radical (unpaired) electrons. The minimum Gasteiger partial charge on any atom is -0.497 e. The van der Waals surface area contributed by atoms with Gasteiger partial charge in [-0.15, -0.1) is 0 Å². The monoisotopic (exact) mass is 586 g/mol. The molecule has 1 aliphatic heterocycles. The van der Waals surface area contributed by atoms with E-state index in [0.29, 0.717) is 34.8 Å². The van der Waals surface area contributed by atoms with Gasteiger partial charge in [-0.25, -0.2) is 9.07 Å². The summed E-state index contributed by atoms with van der Waals surface area (Å²) in [6.45, 7) is 1.83. The Morgan fingerprint density at radius 1 is 0.814 bits per heavy atom. The van der Waals surface area contributed by atoms with Gasteiger partial charge in [0.15, 0.2) is 0 Å². The third kappa shape index (κ3) is 5.68. The zero-order valence-electron chi connectivity index (χ0n) is 23.2. The first kappa shape index (κ1) is 28.0. The largest absolute Gasteiger partial charge is 0.497 e. The zero-order chi connectivity index (χ0) is 30.1. The predicted molar refractivity (Wildman–Crippen MR) is 156 cm³/mol. The molecule has 0 bridgehead atoms. The maximum atomic E-state index is 13.7. The van der Waals surface area contributed by atoms with Gasteiger partial charge in [-0.3, -0.25) is 5.01 Å². The van der Waals surface area contributed by atoms with Crippen LogP contribution in [0.3, 0.4) is 0 Å². The molecule has 0 aliphatic carbocycles. The van der Waals surface area contributed by atoms with Gasteiger partial charge in [-0.1, -0.05) is 36.4 Å². The molecule has 10 heteroatoms. The van der Waals surface area contributed by atoms with Crippen molar-refractivity contribution in [2.75, 3.05) is 12.1 Å². The summed E-state index contributed by atoms with van der Waals surface area (Å²) >= 11 is 0. The summed E-state index contributed by atoms with van der Waals surface area (Å²) in [6, 6.07) is 27.0. The second-order valence-electron chi connectivity index (χ2n) is 10.00. The van der Waals surface area contributed by atoms with Gasteiger partial charge in [-0.2, -0.15) is 23.4 Å². The molecule has 6 nitrogen and oxygen atoms in total. The number of benzene rings is 4. The average Bonchev–Trinajstić information content (AvgIpc) is 3.58. The highest BCUT2D eigenvalue weighted by Crippen LogP contribution is 2.44. The van der Waals surface area contributed by atoms with Crippen LogP contribution >= 0.6 is 0 Å². The maximum Gasteiger partial charge on any atom is 0.416 e. The quantitative estimate of drug-likeness (QED) is 0.180. The van der Waals surface area contributed by atoms with Gasteiger partial charge < -0.3 is 9.47 Å². The second-order valence-corrected chi connectivity index (χ2v) is 10.00. The molecule has 1 aliphatic rings. The SMILES string of the molecule is COc1ccc(N2N=C(c3ccc(F)cc3)CC2c2c(C)nn(-c3ccccc3)c2Oc2cccc(C(F)(F)F)c2)cc1. The number of para-hydroxylation sites is 1. The topological polar surface area (TPSA) is 51.9 Å². The van der Waals surface area contributed by atoms with E-state index in [-0.39, 0.29) is 17.4 Å². The van der Waals surface area contributed by atoms with Crippen LogP contribution < -0.4 is 14.5 Å². The molecule has 0 N–H and O–H groups in total. The smallest absolute Gasteiger partial charge is 0.416 e. The van der Waals surface area contributed by atoms with Crippen molar-refractivity contribution in [2.24, 2.45) is 5.10 Å². The zero-order valence-corrected chi connectivity index (χ0v) is 23.2. The first-order chi connectivity index (χ1) is 20.7. The molecule has 0 fully saturated rings. The molecule has 4 aromatic carbocycles. The fourth-order valence-corrected chi connectivity index (χ4v) is 5.12. The molecular weight excluding hydrogens is 560 g/mol. The minimum atomic E-state index is -4.54. The number of alkyl halides is 3. The lowest BCUT2D eigenvalue weighted by Gasteiger charge is -2.25. The van der Waals surface area contributed by atoms with Gasteiger partial charge in [0.05, 0.1) is 47.1 Å². The number of nitrogens with zero attached hydrogens (tertiary/aromatic N) is 4. The summed E-state index contributed by atoms with van der Waals surface area (Å²) in [6.07, 6.45) is -4.13. The Balaban J connectivity index is 1.50. The van der Waals surface area contributed by atoms with Crippen molar-refractivity contribution in [1.29, 1.82) is 0 Å². The van der Waals surface area contributed by atoms with E-state index < -0.39 is 17.8 Å². The van der Waals surface area contributed by atoms with E-state index >= 15 is 0 Å². The number of hydrazone groups is 1. The Hall–Kier alpha value is -5.12. The number of aromatic nitrogens is 2. The molecule has 5 aromatic rings. The van der Waals surface area contributed by atoms with E-state index in [2.05, 4.69) is 0 Å². The fourth-order valence-electron chi connectivity index (χ4n) is 5.12. The summed E-state index contributed by atoms with van der Waals surface area (Å²) < 4.78 is 67.7. The van der Waals surface area contributed by atoms with Crippen molar-refractivity contribution in [1.82, 2.24) is 9.78 Å². The molecule has 0 saturated heterocycles. The van der Waals surface area contributed by atoms with E-state index in [0.717, 1.165) is 23.4 Å². The lowest BCUT2D eigenvalue weighted by atomic mass is 9.98. The Kier molecular flexibility index (Phi) is 7.35. The summed E-state index contributed by atoms with van der Waals surface area (Å²) in [5.41, 5.74) is 3.32. The van der Waals surface area contributed by atoms with Crippen LogP contribution in [0.5, 0.6) is 17.4 Å². The number of halogens is 4. The van der Waals surface area contributed by atoms with Gasteiger partial charge in [0.2, 0.25) is 5.88 Å². The van der Waals surface area contributed by atoms with Crippen LogP contribution in [0.1, 0.15) is 34.8 Å². The van der Waals surface area contributed by atoms with E-state index in [1.54, 1.807) is 23.9 Å².